The molecule has 3 aromatic carbocycles. The van der Waals surface area contributed by atoms with Gasteiger partial charge in [-0.3, -0.25) is 0 Å². The number of allylic oxidation sites excluding steroid dienone is 1. The Balaban J connectivity index is 1.76. The SMILES string of the molecule is Cc1ccc(S(=O)(=O)C(C#N)=Cc2ccc(OCc3cccc(C)c3)cc2)cc1. The number of hydrogen-bond donors (Lipinski definition) is 0. The number of rotatable bonds is 6. The number of hydrogen-bond acceptors (Lipinski definition) is 4. The molecular weight excluding hydrogens is 382 g/mol. The third-order valence-electron chi connectivity index (χ3n) is 4.40. The predicted octanol–water partition coefficient (Wildman–Crippen LogP) is 5.22. The van der Waals surface area contributed by atoms with Gasteiger partial charge in [-0.1, -0.05) is 59.7 Å². The van der Waals surface area contributed by atoms with Gasteiger partial charge < -0.3 is 4.74 Å². The molecule has 0 radical (unpaired) electrons. The zero-order chi connectivity index (χ0) is 20.9. The third-order valence-corrected chi connectivity index (χ3v) is 6.08. The molecular formula is C24H21NO3S. The van der Waals surface area contributed by atoms with Gasteiger partial charge in [0.05, 0.1) is 4.90 Å². The van der Waals surface area contributed by atoms with Crippen LogP contribution in [0.1, 0.15) is 22.3 Å². The summed E-state index contributed by atoms with van der Waals surface area (Å²) in [6, 6.07) is 23.3. The second-order valence-electron chi connectivity index (χ2n) is 6.78. The van der Waals surface area contributed by atoms with Gasteiger partial charge in [0.15, 0.2) is 0 Å². The molecule has 5 heteroatoms. The van der Waals surface area contributed by atoms with Crippen LogP contribution in [0.5, 0.6) is 5.75 Å². The summed E-state index contributed by atoms with van der Waals surface area (Å²) in [6.07, 6.45) is 1.37. The molecule has 0 aliphatic carbocycles. The van der Waals surface area contributed by atoms with E-state index in [0.29, 0.717) is 17.9 Å². The molecule has 0 saturated heterocycles. The Morgan fingerprint density at radius 2 is 1.66 bits per heavy atom. The van der Waals surface area contributed by atoms with Gasteiger partial charge in [-0.2, -0.15) is 5.26 Å². The number of benzene rings is 3. The van der Waals surface area contributed by atoms with E-state index in [1.165, 1.54) is 23.8 Å². The average molecular weight is 404 g/mol. The monoisotopic (exact) mass is 403 g/mol. The van der Waals surface area contributed by atoms with Crippen molar-refractivity contribution in [2.24, 2.45) is 0 Å². The van der Waals surface area contributed by atoms with Crippen molar-refractivity contribution < 1.29 is 13.2 Å². The normalized spacial score (nSPS) is 11.7. The summed E-state index contributed by atoms with van der Waals surface area (Å²) in [6.45, 7) is 4.35. The molecule has 0 fully saturated rings. The number of aryl methyl sites for hydroxylation is 2. The van der Waals surface area contributed by atoms with E-state index >= 15 is 0 Å². The van der Waals surface area contributed by atoms with Crippen LogP contribution in [0.4, 0.5) is 0 Å². The van der Waals surface area contributed by atoms with Crippen molar-refractivity contribution in [2.45, 2.75) is 25.3 Å². The van der Waals surface area contributed by atoms with E-state index in [1.54, 1.807) is 36.4 Å². The van der Waals surface area contributed by atoms with Crippen LogP contribution in [0.3, 0.4) is 0 Å². The van der Waals surface area contributed by atoms with Gasteiger partial charge >= 0.3 is 0 Å². The van der Waals surface area contributed by atoms with E-state index < -0.39 is 9.84 Å². The zero-order valence-corrected chi connectivity index (χ0v) is 17.1. The van der Waals surface area contributed by atoms with Gasteiger partial charge in [0, 0.05) is 0 Å². The van der Waals surface area contributed by atoms with Gasteiger partial charge in [0.1, 0.15) is 23.3 Å². The van der Waals surface area contributed by atoms with Crippen molar-refractivity contribution >= 4 is 15.9 Å². The minimum Gasteiger partial charge on any atom is -0.489 e. The first-order chi connectivity index (χ1) is 13.9. The fourth-order valence-electron chi connectivity index (χ4n) is 2.79. The van der Waals surface area contributed by atoms with Crippen LogP contribution < -0.4 is 4.74 Å². The Kier molecular flexibility index (Phi) is 6.16. The summed E-state index contributed by atoms with van der Waals surface area (Å²) in [4.78, 5) is -0.191. The van der Waals surface area contributed by atoms with Crippen molar-refractivity contribution in [2.75, 3.05) is 0 Å². The van der Waals surface area contributed by atoms with Crippen molar-refractivity contribution in [3.05, 3.63) is 100.0 Å². The lowest BCUT2D eigenvalue weighted by atomic mass is 10.1. The molecule has 0 bridgehead atoms. The summed E-state index contributed by atoms with van der Waals surface area (Å²) in [7, 11) is -3.86. The van der Waals surface area contributed by atoms with E-state index in [-0.39, 0.29) is 9.80 Å². The van der Waals surface area contributed by atoms with Crippen LogP contribution in [-0.4, -0.2) is 8.42 Å². The molecule has 0 aliphatic heterocycles. The van der Waals surface area contributed by atoms with Crippen molar-refractivity contribution in [1.29, 1.82) is 5.26 Å². The van der Waals surface area contributed by atoms with E-state index in [0.717, 1.165) is 11.1 Å². The van der Waals surface area contributed by atoms with Crippen molar-refractivity contribution in [3.63, 3.8) is 0 Å². The van der Waals surface area contributed by atoms with Gasteiger partial charge in [-0.25, -0.2) is 8.42 Å². The maximum atomic E-state index is 12.7. The quantitative estimate of drug-likeness (QED) is 0.529. The van der Waals surface area contributed by atoms with Gasteiger partial charge in [-0.15, -0.1) is 0 Å². The number of nitrogens with zero attached hydrogens (tertiary/aromatic N) is 1. The first-order valence-corrected chi connectivity index (χ1v) is 10.6. The van der Waals surface area contributed by atoms with E-state index in [9.17, 15) is 13.7 Å². The Hall–Kier alpha value is -3.36. The zero-order valence-electron chi connectivity index (χ0n) is 16.3. The Morgan fingerprint density at radius 1 is 0.966 bits per heavy atom. The lowest BCUT2D eigenvalue weighted by Gasteiger charge is -2.07. The predicted molar refractivity (Wildman–Crippen MR) is 114 cm³/mol. The van der Waals surface area contributed by atoms with Gasteiger partial charge in [0.2, 0.25) is 9.84 Å². The molecule has 4 nitrogen and oxygen atoms in total. The summed E-state index contributed by atoms with van der Waals surface area (Å²) < 4.78 is 31.2. The van der Waals surface area contributed by atoms with E-state index in [2.05, 4.69) is 6.07 Å². The third kappa shape index (κ3) is 5.13. The molecule has 0 spiro atoms. The molecule has 0 atom stereocenters. The molecule has 0 aromatic heterocycles. The maximum absolute atomic E-state index is 12.7. The molecule has 29 heavy (non-hydrogen) atoms. The highest BCUT2D eigenvalue weighted by molar-refractivity contribution is 7.95. The minimum atomic E-state index is -3.86. The number of sulfone groups is 1. The van der Waals surface area contributed by atoms with Gasteiger partial charge in [0.25, 0.3) is 0 Å². The van der Waals surface area contributed by atoms with E-state index in [4.69, 9.17) is 4.74 Å². The molecule has 146 valence electrons. The van der Waals surface area contributed by atoms with Crippen LogP contribution in [0.25, 0.3) is 6.08 Å². The minimum absolute atomic E-state index is 0.106. The lowest BCUT2D eigenvalue weighted by Crippen LogP contribution is -2.03. The number of nitriles is 1. The fraction of sp³-hybridized carbons (Fsp3) is 0.125. The van der Waals surface area contributed by atoms with E-state index in [1.807, 2.05) is 38.1 Å². The summed E-state index contributed by atoms with van der Waals surface area (Å²) in [5.41, 5.74) is 3.81. The first kappa shape index (κ1) is 20.4. The molecule has 0 unspecified atom stereocenters. The molecule has 0 aliphatic rings. The molecule has 3 rings (SSSR count). The summed E-state index contributed by atoms with van der Waals surface area (Å²) >= 11 is 0. The fourth-order valence-corrected chi connectivity index (χ4v) is 3.95. The largest absolute Gasteiger partial charge is 0.489 e. The van der Waals surface area contributed by atoms with Crippen molar-refractivity contribution in [1.82, 2.24) is 0 Å². The van der Waals surface area contributed by atoms with Crippen LogP contribution in [0, 0.1) is 25.2 Å². The number of ether oxygens (including phenoxy) is 1. The Labute approximate surface area is 171 Å². The lowest BCUT2D eigenvalue weighted by molar-refractivity contribution is 0.306. The molecule has 0 heterocycles. The van der Waals surface area contributed by atoms with Crippen LogP contribution in [-0.2, 0) is 16.4 Å². The molecule has 0 N–H and O–H groups in total. The molecule has 0 saturated carbocycles. The second-order valence-corrected chi connectivity index (χ2v) is 8.70. The molecule has 3 aromatic rings. The topological polar surface area (TPSA) is 67.2 Å². The summed E-state index contributed by atoms with van der Waals surface area (Å²) in [5.74, 6) is 0.670. The Morgan fingerprint density at radius 3 is 2.28 bits per heavy atom. The molecule has 0 amide bonds. The van der Waals surface area contributed by atoms with Crippen molar-refractivity contribution in [3.8, 4) is 11.8 Å². The smallest absolute Gasteiger partial charge is 0.216 e. The second kappa shape index (κ2) is 8.76. The average Bonchev–Trinajstić information content (AvgIpc) is 2.71. The highest BCUT2D eigenvalue weighted by atomic mass is 32.2. The summed E-state index contributed by atoms with van der Waals surface area (Å²) in [5, 5.41) is 9.40. The maximum Gasteiger partial charge on any atom is 0.216 e. The van der Waals surface area contributed by atoms with Crippen LogP contribution in [0.15, 0.2) is 82.6 Å². The van der Waals surface area contributed by atoms with Crippen LogP contribution >= 0.6 is 0 Å². The highest BCUT2D eigenvalue weighted by Gasteiger charge is 2.20. The standard InChI is InChI=1S/C24H21NO3S/c1-18-6-12-23(13-7-18)29(26,27)24(16-25)15-20-8-10-22(11-9-20)28-17-21-5-3-4-19(2)14-21/h3-15H,17H2,1-2H3. The highest BCUT2D eigenvalue weighted by Crippen LogP contribution is 2.23. The van der Waals surface area contributed by atoms with Gasteiger partial charge in [-0.05, 0) is 55.3 Å². The van der Waals surface area contributed by atoms with Crippen LogP contribution in [0.2, 0.25) is 0 Å². The first-order valence-electron chi connectivity index (χ1n) is 9.10. The Bertz CT molecular complexity index is 1170.